The third-order valence-electron chi connectivity index (χ3n) is 4.34. The average Bonchev–Trinajstić information content (AvgIpc) is 3.41. The van der Waals surface area contributed by atoms with Crippen LogP contribution in [-0.2, 0) is 23.3 Å². The molecule has 2 nitrogen and oxygen atoms in total. The van der Waals surface area contributed by atoms with E-state index < -0.39 is 0 Å². The van der Waals surface area contributed by atoms with Crippen LogP contribution in [-0.4, -0.2) is 19.5 Å². The van der Waals surface area contributed by atoms with Crippen LogP contribution >= 0.6 is 0 Å². The monoisotopic (exact) mass is 548 g/mol. The van der Waals surface area contributed by atoms with Crippen LogP contribution in [0.2, 0.25) is 13.1 Å². The molecular formula is C30H42N2SiZr. The molecule has 2 aromatic carbocycles. The molecule has 0 amide bonds. The van der Waals surface area contributed by atoms with Gasteiger partial charge in [0.15, 0.2) is 0 Å². The second-order valence-electron chi connectivity index (χ2n) is 8.29. The summed E-state index contributed by atoms with van der Waals surface area (Å²) in [5, 5.41) is 6.05. The van der Waals surface area contributed by atoms with E-state index in [1.54, 1.807) is 23.3 Å². The van der Waals surface area contributed by atoms with Crippen LogP contribution in [0.1, 0.15) is 40.5 Å². The van der Waals surface area contributed by atoms with Gasteiger partial charge in [0.1, 0.15) is 0 Å². The van der Waals surface area contributed by atoms with Crippen molar-refractivity contribution in [2.45, 2.75) is 53.6 Å². The van der Waals surface area contributed by atoms with Gasteiger partial charge >= 0.3 is 41.9 Å². The minimum atomic E-state index is 0.210. The van der Waals surface area contributed by atoms with E-state index in [9.17, 15) is 0 Å². The summed E-state index contributed by atoms with van der Waals surface area (Å²) in [4.78, 5) is 0. The number of para-hydroxylation sites is 2. The minimum absolute atomic E-state index is 0.210. The normalized spacial score (nSPS) is 12.8. The summed E-state index contributed by atoms with van der Waals surface area (Å²) in [6.07, 6.45) is 12.8. The first-order valence-electron chi connectivity index (χ1n) is 11.6. The second kappa shape index (κ2) is 20.5. The Morgan fingerprint density at radius 2 is 0.941 bits per heavy atom. The van der Waals surface area contributed by atoms with E-state index in [0.29, 0.717) is 0 Å². The van der Waals surface area contributed by atoms with Gasteiger partial charge in [-0.1, -0.05) is 64.1 Å². The summed E-state index contributed by atoms with van der Waals surface area (Å²) >= 11 is 1.74. The van der Waals surface area contributed by atoms with Crippen molar-refractivity contribution >= 4 is 16.8 Å². The molecule has 0 heterocycles. The Labute approximate surface area is 224 Å². The van der Waals surface area contributed by atoms with Gasteiger partial charge in [0.25, 0.3) is 0 Å². The maximum absolute atomic E-state index is 3.19. The molecule has 0 fully saturated rings. The molecule has 0 unspecified atom stereocenters. The number of hydrogen-bond acceptors (Lipinski definition) is 2. The van der Waals surface area contributed by atoms with Crippen LogP contribution in [0.4, 0.5) is 11.4 Å². The quantitative estimate of drug-likeness (QED) is 0.290. The molecule has 0 atom stereocenters. The molecule has 34 heavy (non-hydrogen) atoms. The van der Waals surface area contributed by atoms with E-state index in [1.165, 1.54) is 22.3 Å². The Morgan fingerprint density at radius 3 is 1.06 bits per heavy atom. The summed E-state index contributed by atoms with van der Waals surface area (Å²) in [5.74, 6) is 0. The van der Waals surface area contributed by atoms with Gasteiger partial charge in [0.05, 0.1) is 0 Å². The predicted octanol–water partition coefficient (Wildman–Crippen LogP) is 8.41. The molecule has 0 aromatic heterocycles. The van der Waals surface area contributed by atoms with Crippen molar-refractivity contribution in [2.24, 2.45) is 0 Å². The van der Waals surface area contributed by atoms with Crippen LogP contribution in [0.3, 0.4) is 0 Å². The van der Waals surface area contributed by atoms with Crippen molar-refractivity contribution in [1.29, 1.82) is 0 Å². The van der Waals surface area contributed by atoms with Crippen LogP contribution < -0.4 is 10.6 Å². The zero-order valence-corrected chi connectivity index (χ0v) is 25.8. The van der Waals surface area contributed by atoms with Crippen molar-refractivity contribution < 1.29 is 23.3 Å². The molecule has 0 spiro atoms. The van der Waals surface area contributed by atoms with E-state index in [4.69, 9.17) is 0 Å². The van der Waals surface area contributed by atoms with E-state index >= 15 is 0 Å². The molecule has 180 valence electrons. The average molecular weight is 550 g/mol. The molecule has 2 aliphatic carbocycles. The Morgan fingerprint density at radius 1 is 0.647 bits per heavy atom. The van der Waals surface area contributed by atoms with Gasteiger partial charge in [0.2, 0.25) is 0 Å². The fraction of sp³-hybridized carbons (Fsp3) is 0.333. The molecule has 4 rings (SSSR count). The third kappa shape index (κ3) is 19.6. The molecule has 0 aliphatic heterocycles. The van der Waals surface area contributed by atoms with E-state index in [1.807, 2.05) is 74.8 Å². The summed E-state index contributed by atoms with van der Waals surface area (Å²) in [6, 6.07) is 20.1. The first-order valence-corrected chi connectivity index (χ1v) is 17.8. The van der Waals surface area contributed by atoms with Gasteiger partial charge in [-0.2, -0.15) is 11.1 Å². The van der Waals surface area contributed by atoms with Crippen LogP contribution in [0.25, 0.3) is 0 Å². The van der Waals surface area contributed by atoms with Crippen molar-refractivity contribution in [3.05, 3.63) is 107 Å². The van der Waals surface area contributed by atoms with Crippen molar-refractivity contribution in [3.8, 4) is 0 Å². The maximum atomic E-state index is 3.19. The first kappa shape index (κ1) is 32.1. The van der Waals surface area contributed by atoms with Crippen molar-refractivity contribution in [1.82, 2.24) is 0 Å². The fourth-order valence-electron chi connectivity index (χ4n) is 2.71. The molecule has 4 heteroatoms. The predicted molar refractivity (Wildman–Crippen MR) is 151 cm³/mol. The third-order valence-corrected chi connectivity index (χ3v) is 4.34. The van der Waals surface area contributed by atoms with Crippen LogP contribution in [0.15, 0.2) is 95.1 Å². The molecule has 0 bridgehead atoms. The van der Waals surface area contributed by atoms with Gasteiger partial charge in [-0.3, -0.25) is 12.2 Å². The van der Waals surface area contributed by atoms with Crippen molar-refractivity contribution in [3.63, 3.8) is 0 Å². The SMILES string of the molecule is CC1=[C-]CC(C)=C1.CC1=[C-]CC(C)=C1.CNc1ccccc1.CNc1ccccc1.C[Si](C)=[Zr+2]. The van der Waals surface area contributed by atoms with E-state index in [0.717, 1.165) is 24.2 Å². The number of rotatable bonds is 2. The molecule has 0 radical (unpaired) electrons. The summed E-state index contributed by atoms with van der Waals surface area (Å²) in [7, 11) is 3.82. The van der Waals surface area contributed by atoms with Gasteiger partial charge in [-0.05, 0) is 24.3 Å². The molecule has 2 aliphatic rings. The van der Waals surface area contributed by atoms with E-state index in [-0.39, 0.29) is 5.43 Å². The number of anilines is 2. The summed E-state index contributed by atoms with van der Waals surface area (Å²) in [6.45, 7) is 13.0. The topological polar surface area (TPSA) is 24.1 Å². The zero-order chi connectivity index (χ0) is 25.8. The molecule has 0 saturated heterocycles. The van der Waals surface area contributed by atoms with Crippen molar-refractivity contribution in [2.75, 3.05) is 24.7 Å². The van der Waals surface area contributed by atoms with E-state index in [2.05, 4.69) is 75.7 Å². The Hall–Kier alpha value is -1.90. The Kier molecular flexibility index (Phi) is 19.3. The van der Waals surface area contributed by atoms with Crippen LogP contribution in [0.5, 0.6) is 0 Å². The molecule has 0 saturated carbocycles. The molecular weight excluding hydrogens is 508 g/mol. The Bertz CT molecular complexity index is 865. The molecule has 2 N–H and O–H groups in total. The van der Waals surface area contributed by atoms with Crippen LogP contribution in [0, 0.1) is 12.2 Å². The number of nitrogens with one attached hydrogen (secondary N) is 2. The van der Waals surface area contributed by atoms with Gasteiger partial charge < -0.3 is 10.6 Å². The summed E-state index contributed by atoms with van der Waals surface area (Å²) in [5.41, 5.74) is 7.96. The number of hydrogen-bond donors (Lipinski definition) is 2. The zero-order valence-electron chi connectivity index (χ0n) is 22.3. The van der Waals surface area contributed by atoms with Gasteiger partial charge in [-0.15, -0.1) is 12.8 Å². The standard InChI is InChI=1S/2C7H9N.2C7H9.C2H6Si.Zr/c2*1-8-7-5-3-2-4-6-7;2*1-6-3-4-7(2)5-6;1-3-2;/h2*2-6,8H,1H3;2*5H,3H2,1-2H3;1-2H3;/q;;2*-1;;+2. The fourth-order valence-corrected chi connectivity index (χ4v) is 2.71. The van der Waals surface area contributed by atoms with Gasteiger partial charge in [0, 0.05) is 25.5 Å². The van der Waals surface area contributed by atoms with Gasteiger partial charge in [-0.25, -0.2) is 23.3 Å². The first-order chi connectivity index (χ1) is 16.2. The summed E-state index contributed by atoms with van der Waals surface area (Å²) < 4.78 is 0. The Balaban J connectivity index is 0.000000407. The number of benzene rings is 2. The molecule has 2 aromatic rings. The number of allylic oxidation sites excluding steroid dienone is 8. The second-order valence-corrected chi connectivity index (χ2v) is 17.7.